The molecule has 1 aliphatic rings. The average molecular weight is 280 g/mol. The lowest BCUT2D eigenvalue weighted by molar-refractivity contribution is -0.125. The molecule has 1 fully saturated rings. The van der Waals surface area contributed by atoms with Gasteiger partial charge in [-0.15, -0.1) is 0 Å². The summed E-state index contributed by atoms with van der Waals surface area (Å²) in [5.74, 6) is 0.921. The number of imidazole rings is 1. The van der Waals surface area contributed by atoms with Gasteiger partial charge in [0.25, 0.3) is 0 Å². The summed E-state index contributed by atoms with van der Waals surface area (Å²) in [6.07, 6.45) is 7.44. The van der Waals surface area contributed by atoms with Crippen LogP contribution in [-0.2, 0) is 4.79 Å². The van der Waals surface area contributed by atoms with Gasteiger partial charge in [-0.2, -0.15) is 0 Å². The topological polar surface area (TPSA) is 62.7 Å². The number of piperidine rings is 1. The maximum Gasteiger partial charge on any atom is 0.243 e. The lowest BCUT2D eigenvalue weighted by atomic mass is 10.1. The predicted octanol–water partition coefficient (Wildman–Crippen LogP) is 2.48. The van der Waals surface area contributed by atoms with Crippen molar-refractivity contribution >= 4 is 16.8 Å². The highest BCUT2D eigenvalue weighted by Gasteiger charge is 2.26. The molecule has 0 radical (unpaired) electrons. The van der Waals surface area contributed by atoms with Crippen LogP contribution in [0.1, 0.15) is 18.9 Å². The second kappa shape index (κ2) is 4.77. The van der Waals surface area contributed by atoms with Crippen LogP contribution in [0, 0.1) is 0 Å². The molecule has 3 heterocycles. The smallest absolute Gasteiger partial charge is 0.243 e. The molecule has 0 bridgehead atoms. The lowest BCUT2D eigenvalue weighted by Gasteiger charge is -2.24. The quantitative estimate of drug-likeness (QED) is 0.757. The Morgan fingerprint density at radius 1 is 1.29 bits per heavy atom. The highest BCUT2D eigenvalue weighted by Crippen LogP contribution is 2.30. The summed E-state index contributed by atoms with van der Waals surface area (Å²) in [5.41, 5.74) is 2.09. The van der Waals surface area contributed by atoms with E-state index in [-0.39, 0.29) is 11.9 Å². The summed E-state index contributed by atoms with van der Waals surface area (Å²) < 4.78 is 1.99. The largest absolute Gasteiger partial charge is 0.361 e. The van der Waals surface area contributed by atoms with Gasteiger partial charge in [0.2, 0.25) is 5.91 Å². The van der Waals surface area contributed by atoms with Gasteiger partial charge in [-0.3, -0.25) is 4.79 Å². The van der Waals surface area contributed by atoms with E-state index in [1.165, 1.54) is 0 Å². The Morgan fingerprint density at radius 2 is 2.24 bits per heavy atom. The van der Waals surface area contributed by atoms with E-state index in [0.29, 0.717) is 0 Å². The first-order valence-corrected chi connectivity index (χ1v) is 7.21. The summed E-state index contributed by atoms with van der Waals surface area (Å²) in [5, 5.41) is 4.08. The van der Waals surface area contributed by atoms with Crippen LogP contribution in [0.4, 0.5) is 0 Å². The number of nitrogens with one attached hydrogen (secondary N) is 2. The number of amides is 1. The first-order chi connectivity index (χ1) is 10.3. The van der Waals surface area contributed by atoms with Gasteiger partial charge < -0.3 is 14.9 Å². The van der Waals surface area contributed by atoms with Crippen molar-refractivity contribution in [2.75, 3.05) is 6.54 Å². The number of hydrogen-bond donors (Lipinski definition) is 2. The first-order valence-electron chi connectivity index (χ1n) is 7.21. The molecule has 0 spiro atoms. The number of aromatic nitrogens is 3. The summed E-state index contributed by atoms with van der Waals surface area (Å²) >= 11 is 0. The Kier molecular flexibility index (Phi) is 2.77. The van der Waals surface area contributed by atoms with Crippen molar-refractivity contribution in [3.8, 4) is 11.4 Å². The van der Waals surface area contributed by atoms with Crippen molar-refractivity contribution in [1.82, 2.24) is 19.9 Å². The number of rotatable bonds is 2. The molecule has 1 atom stereocenters. The van der Waals surface area contributed by atoms with Crippen LogP contribution in [0.25, 0.3) is 22.3 Å². The van der Waals surface area contributed by atoms with Crippen molar-refractivity contribution < 1.29 is 4.79 Å². The average Bonchev–Trinajstić information content (AvgIpc) is 3.16. The minimum absolute atomic E-state index is 0.0826. The van der Waals surface area contributed by atoms with Gasteiger partial charge >= 0.3 is 0 Å². The SMILES string of the molecule is O=C1NCCCC1n1ccnc1-c1cccc2cc[nH]c12. The molecule has 1 unspecified atom stereocenters. The third-order valence-electron chi connectivity index (χ3n) is 4.09. The number of fused-ring (bicyclic) bond motifs is 1. The Bertz CT molecular complexity index is 801. The normalized spacial score (nSPS) is 18.9. The molecule has 21 heavy (non-hydrogen) atoms. The van der Waals surface area contributed by atoms with Crippen LogP contribution >= 0.6 is 0 Å². The fourth-order valence-corrected chi connectivity index (χ4v) is 3.07. The van der Waals surface area contributed by atoms with E-state index in [9.17, 15) is 4.79 Å². The van der Waals surface area contributed by atoms with Gasteiger partial charge in [-0.1, -0.05) is 12.1 Å². The number of para-hydroxylation sites is 1. The molecule has 5 nitrogen and oxygen atoms in total. The number of benzene rings is 1. The van der Waals surface area contributed by atoms with E-state index in [1.807, 2.05) is 35.2 Å². The summed E-state index contributed by atoms with van der Waals surface area (Å²) in [7, 11) is 0. The highest BCUT2D eigenvalue weighted by molar-refractivity contribution is 5.93. The van der Waals surface area contributed by atoms with Crippen molar-refractivity contribution in [1.29, 1.82) is 0 Å². The molecule has 1 amide bonds. The van der Waals surface area contributed by atoms with Crippen molar-refractivity contribution in [2.45, 2.75) is 18.9 Å². The van der Waals surface area contributed by atoms with Crippen molar-refractivity contribution in [3.05, 3.63) is 42.9 Å². The number of carbonyl (C=O) groups excluding carboxylic acids is 1. The van der Waals surface area contributed by atoms with Gasteiger partial charge in [0.1, 0.15) is 11.9 Å². The van der Waals surface area contributed by atoms with Crippen LogP contribution in [-0.4, -0.2) is 27.0 Å². The maximum absolute atomic E-state index is 12.1. The Morgan fingerprint density at radius 3 is 3.14 bits per heavy atom. The molecular weight excluding hydrogens is 264 g/mol. The summed E-state index contributed by atoms with van der Waals surface area (Å²) in [6, 6.07) is 8.00. The molecule has 5 heteroatoms. The second-order valence-corrected chi connectivity index (χ2v) is 5.35. The lowest BCUT2D eigenvalue weighted by Crippen LogP contribution is -2.37. The van der Waals surface area contributed by atoms with E-state index >= 15 is 0 Å². The van der Waals surface area contributed by atoms with Gasteiger partial charge in [0, 0.05) is 36.1 Å². The van der Waals surface area contributed by atoms with Crippen LogP contribution in [0.15, 0.2) is 42.9 Å². The molecule has 3 aromatic rings. The third-order valence-corrected chi connectivity index (χ3v) is 4.09. The van der Waals surface area contributed by atoms with Crippen molar-refractivity contribution in [2.24, 2.45) is 0 Å². The zero-order chi connectivity index (χ0) is 14.2. The van der Waals surface area contributed by atoms with Gasteiger partial charge in [-0.05, 0) is 25.0 Å². The van der Waals surface area contributed by atoms with Gasteiger partial charge in [0.05, 0.1) is 5.52 Å². The molecule has 1 aliphatic heterocycles. The molecule has 106 valence electrons. The van der Waals surface area contributed by atoms with Crippen LogP contribution in [0.3, 0.4) is 0 Å². The molecule has 0 aliphatic carbocycles. The van der Waals surface area contributed by atoms with Gasteiger partial charge in [0.15, 0.2) is 0 Å². The molecule has 4 rings (SSSR count). The van der Waals surface area contributed by atoms with Crippen LogP contribution < -0.4 is 5.32 Å². The fourth-order valence-electron chi connectivity index (χ4n) is 3.07. The zero-order valence-electron chi connectivity index (χ0n) is 11.5. The number of nitrogens with zero attached hydrogens (tertiary/aromatic N) is 2. The fraction of sp³-hybridized carbons (Fsp3) is 0.250. The molecule has 0 saturated carbocycles. The van der Waals surface area contributed by atoms with Gasteiger partial charge in [-0.25, -0.2) is 4.98 Å². The highest BCUT2D eigenvalue weighted by atomic mass is 16.2. The number of H-pyrrole nitrogens is 1. The van der Waals surface area contributed by atoms with E-state index in [0.717, 1.165) is 41.7 Å². The minimum Gasteiger partial charge on any atom is -0.361 e. The molecule has 1 saturated heterocycles. The Labute approximate surface area is 122 Å². The number of aromatic amines is 1. The second-order valence-electron chi connectivity index (χ2n) is 5.35. The number of hydrogen-bond acceptors (Lipinski definition) is 2. The molecule has 2 N–H and O–H groups in total. The number of carbonyl (C=O) groups is 1. The predicted molar refractivity (Wildman–Crippen MR) is 80.8 cm³/mol. The zero-order valence-corrected chi connectivity index (χ0v) is 11.5. The van der Waals surface area contributed by atoms with E-state index in [4.69, 9.17) is 0 Å². The van der Waals surface area contributed by atoms with Crippen LogP contribution in [0.2, 0.25) is 0 Å². The monoisotopic (exact) mass is 280 g/mol. The van der Waals surface area contributed by atoms with Crippen molar-refractivity contribution in [3.63, 3.8) is 0 Å². The molecule has 1 aromatic carbocycles. The summed E-state index contributed by atoms with van der Waals surface area (Å²) in [6.45, 7) is 0.769. The Hall–Kier alpha value is -2.56. The summed E-state index contributed by atoms with van der Waals surface area (Å²) in [4.78, 5) is 19.9. The molecular formula is C16H16N4O. The Balaban J connectivity index is 1.85. The first kappa shape index (κ1) is 12.2. The van der Waals surface area contributed by atoms with E-state index < -0.39 is 0 Å². The third kappa shape index (κ3) is 1.93. The minimum atomic E-state index is -0.165. The van der Waals surface area contributed by atoms with E-state index in [2.05, 4.69) is 21.4 Å². The van der Waals surface area contributed by atoms with Crippen LogP contribution in [0.5, 0.6) is 0 Å². The molecule has 2 aromatic heterocycles. The van der Waals surface area contributed by atoms with E-state index in [1.54, 1.807) is 6.20 Å². The maximum atomic E-state index is 12.1. The standard InChI is InChI=1S/C16H16N4O/c21-16-13(5-2-7-19-16)20-10-9-18-15(20)12-4-1-3-11-6-8-17-14(11)12/h1,3-4,6,8-10,13,17H,2,5,7H2,(H,19,21).